The van der Waals surface area contributed by atoms with E-state index >= 15 is 0 Å². The number of fused-ring (bicyclic) bond motifs is 1. The normalized spacial score (nSPS) is 24.9. The molecule has 3 heteroatoms. The number of aliphatic hydroxyl groups is 1. The third kappa shape index (κ3) is 2.35. The van der Waals surface area contributed by atoms with Gasteiger partial charge in [0.25, 0.3) is 0 Å². The Balaban J connectivity index is 1.90. The minimum absolute atomic E-state index is 0.368. The molecule has 108 valence electrons. The molecule has 1 aromatic heterocycles. The molecule has 20 heavy (non-hydrogen) atoms. The molecular weight excluding hydrogens is 248 g/mol. The summed E-state index contributed by atoms with van der Waals surface area (Å²) in [6.07, 6.45) is 5.64. The Morgan fingerprint density at radius 3 is 2.95 bits per heavy atom. The van der Waals surface area contributed by atoms with E-state index in [0.717, 1.165) is 35.4 Å². The van der Waals surface area contributed by atoms with Crippen LogP contribution in [0.1, 0.15) is 50.8 Å². The fourth-order valence-electron chi connectivity index (χ4n) is 3.67. The Morgan fingerprint density at radius 2 is 2.15 bits per heavy atom. The second-order valence-corrected chi connectivity index (χ2v) is 6.17. The van der Waals surface area contributed by atoms with Gasteiger partial charge in [-0.3, -0.25) is 4.68 Å². The third-order valence-corrected chi connectivity index (χ3v) is 4.91. The summed E-state index contributed by atoms with van der Waals surface area (Å²) in [5, 5.41) is 16.5. The summed E-state index contributed by atoms with van der Waals surface area (Å²) in [4.78, 5) is 0. The van der Waals surface area contributed by atoms with Crippen LogP contribution >= 0.6 is 0 Å². The van der Waals surface area contributed by atoms with Gasteiger partial charge in [-0.2, -0.15) is 5.10 Å². The van der Waals surface area contributed by atoms with Gasteiger partial charge in [-0.05, 0) is 30.7 Å². The zero-order valence-electron chi connectivity index (χ0n) is 12.4. The first-order valence-corrected chi connectivity index (χ1v) is 7.80. The molecule has 0 radical (unpaired) electrons. The van der Waals surface area contributed by atoms with Gasteiger partial charge in [0.1, 0.15) is 6.10 Å². The molecule has 1 aliphatic rings. The minimum Gasteiger partial charge on any atom is -0.386 e. The summed E-state index contributed by atoms with van der Waals surface area (Å²) in [6, 6.07) is 8.18. The topological polar surface area (TPSA) is 38.1 Å². The molecule has 1 aromatic carbocycles. The first kappa shape index (κ1) is 13.6. The van der Waals surface area contributed by atoms with E-state index < -0.39 is 6.10 Å². The second kappa shape index (κ2) is 5.57. The SMILES string of the molecule is CCC1CCCC(C(O)c2nn(C)c3ccccc23)C1. The maximum Gasteiger partial charge on any atom is 0.101 e. The zero-order chi connectivity index (χ0) is 14.1. The predicted molar refractivity (Wildman–Crippen MR) is 81.4 cm³/mol. The number of hydrogen-bond acceptors (Lipinski definition) is 2. The van der Waals surface area contributed by atoms with Crippen molar-refractivity contribution in [2.45, 2.75) is 45.1 Å². The Hall–Kier alpha value is -1.35. The van der Waals surface area contributed by atoms with Gasteiger partial charge >= 0.3 is 0 Å². The fourth-order valence-corrected chi connectivity index (χ4v) is 3.67. The van der Waals surface area contributed by atoms with E-state index in [1.807, 2.05) is 23.9 Å². The summed E-state index contributed by atoms with van der Waals surface area (Å²) in [6.45, 7) is 2.26. The van der Waals surface area contributed by atoms with E-state index in [1.165, 1.54) is 19.3 Å². The van der Waals surface area contributed by atoms with Crippen LogP contribution < -0.4 is 0 Å². The van der Waals surface area contributed by atoms with Crippen LogP contribution in [0, 0.1) is 11.8 Å². The molecule has 0 aliphatic heterocycles. The number of hydrogen-bond donors (Lipinski definition) is 1. The van der Waals surface area contributed by atoms with Crippen molar-refractivity contribution in [2.75, 3.05) is 0 Å². The lowest BCUT2D eigenvalue weighted by Gasteiger charge is -2.31. The average Bonchev–Trinajstić information content (AvgIpc) is 2.84. The minimum atomic E-state index is -0.421. The number of para-hydroxylation sites is 1. The molecule has 3 rings (SSSR count). The standard InChI is InChI=1S/C17H24N2O/c1-3-12-7-6-8-13(11-12)17(20)16-14-9-4-5-10-15(14)19(2)18-16/h4-5,9-10,12-13,17,20H,3,6-8,11H2,1-2H3. The Morgan fingerprint density at radius 1 is 1.35 bits per heavy atom. The maximum atomic E-state index is 10.8. The number of aryl methyl sites for hydroxylation is 1. The first-order chi connectivity index (χ1) is 9.70. The van der Waals surface area contributed by atoms with Crippen molar-refractivity contribution < 1.29 is 5.11 Å². The zero-order valence-corrected chi connectivity index (χ0v) is 12.4. The average molecular weight is 272 g/mol. The monoisotopic (exact) mass is 272 g/mol. The van der Waals surface area contributed by atoms with Crippen molar-refractivity contribution in [3.63, 3.8) is 0 Å². The molecule has 0 saturated heterocycles. The highest BCUT2D eigenvalue weighted by Gasteiger charge is 2.30. The van der Waals surface area contributed by atoms with Crippen LogP contribution in [0.2, 0.25) is 0 Å². The van der Waals surface area contributed by atoms with E-state index in [-0.39, 0.29) is 0 Å². The summed E-state index contributed by atoms with van der Waals surface area (Å²) in [5.41, 5.74) is 1.97. The van der Waals surface area contributed by atoms with Crippen molar-refractivity contribution in [1.29, 1.82) is 0 Å². The van der Waals surface area contributed by atoms with E-state index in [9.17, 15) is 5.11 Å². The van der Waals surface area contributed by atoms with Gasteiger partial charge in [0.15, 0.2) is 0 Å². The number of nitrogens with zero attached hydrogens (tertiary/aromatic N) is 2. The van der Waals surface area contributed by atoms with Gasteiger partial charge in [0.2, 0.25) is 0 Å². The summed E-state index contributed by atoms with van der Waals surface area (Å²) < 4.78 is 1.88. The number of benzene rings is 1. The van der Waals surface area contributed by atoms with Crippen LogP contribution in [-0.4, -0.2) is 14.9 Å². The molecule has 0 amide bonds. The number of aromatic nitrogens is 2. The van der Waals surface area contributed by atoms with Crippen LogP contribution in [0.5, 0.6) is 0 Å². The Kier molecular flexibility index (Phi) is 3.79. The molecule has 3 unspecified atom stereocenters. The van der Waals surface area contributed by atoms with Gasteiger partial charge in [0.05, 0.1) is 11.2 Å². The fraction of sp³-hybridized carbons (Fsp3) is 0.588. The summed E-state index contributed by atoms with van der Waals surface area (Å²) in [7, 11) is 1.95. The van der Waals surface area contributed by atoms with Gasteiger partial charge in [-0.15, -0.1) is 0 Å². The van der Waals surface area contributed by atoms with Crippen molar-refractivity contribution >= 4 is 10.9 Å². The van der Waals surface area contributed by atoms with Crippen LogP contribution in [0.3, 0.4) is 0 Å². The van der Waals surface area contributed by atoms with Gasteiger partial charge in [-0.1, -0.05) is 44.4 Å². The molecule has 3 atom stereocenters. The van der Waals surface area contributed by atoms with Crippen LogP contribution in [0.25, 0.3) is 10.9 Å². The Bertz CT molecular complexity index is 590. The van der Waals surface area contributed by atoms with Crippen LogP contribution in [0.15, 0.2) is 24.3 Å². The van der Waals surface area contributed by atoms with E-state index in [2.05, 4.69) is 24.2 Å². The van der Waals surface area contributed by atoms with Gasteiger partial charge in [-0.25, -0.2) is 0 Å². The highest BCUT2D eigenvalue weighted by Crippen LogP contribution is 2.39. The van der Waals surface area contributed by atoms with Crippen molar-refractivity contribution in [3.8, 4) is 0 Å². The highest BCUT2D eigenvalue weighted by molar-refractivity contribution is 5.82. The van der Waals surface area contributed by atoms with Crippen LogP contribution in [-0.2, 0) is 7.05 Å². The third-order valence-electron chi connectivity index (χ3n) is 4.91. The van der Waals surface area contributed by atoms with Crippen molar-refractivity contribution in [1.82, 2.24) is 9.78 Å². The highest BCUT2D eigenvalue weighted by atomic mass is 16.3. The van der Waals surface area contributed by atoms with Gasteiger partial charge < -0.3 is 5.11 Å². The second-order valence-electron chi connectivity index (χ2n) is 6.17. The molecule has 1 heterocycles. The van der Waals surface area contributed by atoms with Gasteiger partial charge in [0, 0.05) is 12.4 Å². The van der Waals surface area contributed by atoms with E-state index in [1.54, 1.807) is 0 Å². The summed E-state index contributed by atoms with van der Waals surface area (Å²) >= 11 is 0. The summed E-state index contributed by atoms with van der Waals surface area (Å²) in [5.74, 6) is 1.14. The van der Waals surface area contributed by atoms with Crippen molar-refractivity contribution in [3.05, 3.63) is 30.0 Å². The molecule has 3 nitrogen and oxygen atoms in total. The van der Waals surface area contributed by atoms with E-state index in [4.69, 9.17) is 0 Å². The molecule has 1 saturated carbocycles. The quantitative estimate of drug-likeness (QED) is 0.922. The molecule has 0 spiro atoms. The lowest BCUT2D eigenvalue weighted by atomic mass is 9.77. The van der Waals surface area contributed by atoms with Crippen molar-refractivity contribution in [2.24, 2.45) is 18.9 Å². The van der Waals surface area contributed by atoms with E-state index in [0.29, 0.717) is 5.92 Å². The molecule has 1 aliphatic carbocycles. The largest absolute Gasteiger partial charge is 0.386 e. The predicted octanol–water partition coefficient (Wildman–Crippen LogP) is 3.82. The smallest absolute Gasteiger partial charge is 0.101 e. The molecule has 0 bridgehead atoms. The van der Waals surface area contributed by atoms with Crippen LogP contribution in [0.4, 0.5) is 0 Å². The number of aliphatic hydroxyl groups excluding tert-OH is 1. The molecule has 1 N–H and O–H groups in total. The Labute approximate surface area is 120 Å². The molecule has 1 fully saturated rings. The maximum absolute atomic E-state index is 10.8. The molecular formula is C17H24N2O. The number of rotatable bonds is 3. The molecule has 2 aromatic rings. The first-order valence-electron chi connectivity index (χ1n) is 7.80. The lowest BCUT2D eigenvalue weighted by Crippen LogP contribution is -2.21. The lowest BCUT2D eigenvalue weighted by molar-refractivity contribution is 0.0651.